The van der Waals surface area contributed by atoms with Crippen molar-refractivity contribution in [2.75, 3.05) is 44.8 Å². The SMILES string of the molecule is COc1cc(NC(=O)Nc2nc3c(s2)CN(S(C)(=O)=O)CC3)cc(OC)c1OC. The molecule has 1 aliphatic heterocycles. The summed E-state index contributed by atoms with van der Waals surface area (Å²) >= 11 is 1.26. The Balaban J connectivity index is 1.72. The highest BCUT2D eigenvalue weighted by molar-refractivity contribution is 7.88. The molecule has 2 heterocycles. The Hall–Kier alpha value is -2.57. The molecule has 12 heteroatoms. The summed E-state index contributed by atoms with van der Waals surface area (Å²) in [6, 6.07) is 2.72. The fraction of sp³-hybridized carbons (Fsp3) is 0.412. The summed E-state index contributed by atoms with van der Waals surface area (Å²) in [4.78, 5) is 17.6. The van der Waals surface area contributed by atoms with Crippen molar-refractivity contribution in [3.63, 3.8) is 0 Å². The summed E-state index contributed by atoms with van der Waals surface area (Å²) in [6.45, 7) is 0.647. The number of rotatable bonds is 6. The summed E-state index contributed by atoms with van der Waals surface area (Å²) in [7, 11) is 1.21. The second-order valence-electron chi connectivity index (χ2n) is 6.23. The lowest BCUT2D eigenvalue weighted by atomic mass is 10.2. The van der Waals surface area contributed by atoms with Gasteiger partial charge in [-0.25, -0.2) is 18.2 Å². The van der Waals surface area contributed by atoms with Crippen LogP contribution in [0.25, 0.3) is 0 Å². The number of thiazole rings is 1. The first-order chi connectivity index (χ1) is 13.7. The van der Waals surface area contributed by atoms with Crippen LogP contribution in [0.3, 0.4) is 0 Å². The highest BCUT2D eigenvalue weighted by Gasteiger charge is 2.26. The molecular weight excluding hydrogens is 420 g/mol. The fourth-order valence-electron chi connectivity index (χ4n) is 2.92. The van der Waals surface area contributed by atoms with Crippen molar-refractivity contribution in [1.29, 1.82) is 0 Å². The van der Waals surface area contributed by atoms with Gasteiger partial charge in [-0.05, 0) is 0 Å². The molecule has 2 N–H and O–H groups in total. The van der Waals surface area contributed by atoms with Gasteiger partial charge in [-0.1, -0.05) is 11.3 Å². The molecule has 0 saturated heterocycles. The molecule has 0 saturated carbocycles. The molecule has 3 rings (SSSR count). The zero-order chi connectivity index (χ0) is 21.2. The predicted octanol–water partition coefficient (Wildman–Crippen LogP) is 2.13. The van der Waals surface area contributed by atoms with Crippen molar-refractivity contribution in [2.45, 2.75) is 13.0 Å². The lowest BCUT2D eigenvalue weighted by Crippen LogP contribution is -2.34. The molecule has 0 unspecified atom stereocenters. The molecule has 10 nitrogen and oxygen atoms in total. The number of nitrogens with zero attached hydrogens (tertiary/aromatic N) is 2. The van der Waals surface area contributed by atoms with Crippen molar-refractivity contribution in [1.82, 2.24) is 9.29 Å². The van der Waals surface area contributed by atoms with Gasteiger partial charge in [0.25, 0.3) is 0 Å². The van der Waals surface area contributed by atoms with Crippen LogP contribution < -0.4 is 24.8 Å². The van der Waals surface area contributed by atoms with E-state index in [0.29, 0.717) is 41.0 Å². The second kappa shape index (κ2) is 8.43. The maximum Gasteiger partial charge on any atom is 0.325 e. The van der Waals surface area contributed by atoms with E-state index < -0.39 is 16.1 Å². The molecule has 0 radical (unpaired) electrons. The molecule has 0 fully saturated rings. The van der Waals surface area contributed by atoms with Crippen molar-refractivity contribution >= 4 is 38.2 Å². The fourth-order valence-corrected chi connectivity index (χ4v) is 4.81. The maximum atomic E-state index is 12.4. The molecule has 2 amide bonds. The number of aromatic nitrogens is 1. The van der Waals surface area contributed by atoms with Crippen molar-refractivity contribution in [3.8, 4) is 17.2 Å². The number of hydrogen-bond acceptors (Lipinski definition) is 8. The van der Waals surface area contributed by atoms with Gasteiger partial charge in [-0.15, -0.1) is 0 Å². The van der Waals surface area contributed by atoms with E-state index in [4.69, 9.17) is 14.2 Å². The molecular formula is C17H22N4O6S2. The van der Waals surface area contributed by atoms with Gasteiger partial charge in [0.15, 0.2) is 16.6 Å². The summed E-state index contributed by atoms with van der Waals surface area (Å²) < 4.78 is 40.7. The van der Waals surface area contributed by atoms with E-state index in [9.17, 15) is 13.2 Å². The van der Waals surface area contributed by atoms with Gasteiger partial charge in [-0.3, -0.25) is 5.32 Å². The Morgan fingerprint density at radius 1 is 1.14 bits per heavy atom. The van der Waals surface area contributed by atoms with Gasteiger partial charge in [0, 0.05) is 36.5 Å². The summed E-state index contributed by atoms with van der Waals surface area (Å²) in [5.74, 6) is 1.24. The lowest BCUT2D eigenvalue weighted by Gasteiger charge is -2.23. The van der Waals surface area contributed by atoms with Crippen LogP contribution in [0.2, 0.25) is 0 Å². The van der Waals surface area contributed by atoms with E-state index in [1.54, 1.807) is 12.1 Å². The van der Waals surface area contributed by atoms with Crippen molar-refractivity contribution < 1.29 is 27.4 Å². The molecule has 1 aromatic heterocycles. The van der Waals surface area contributed by atoms with Crippen LogP contribution in [0.4, 0.5) is 15.6 Å². The number of carbonyl (C=O) groups is 1. The molecule has 0 aliphatic carbocycles. The minimum absolute atomic E-state index is 0.266. The third kappa shape index (κ3) is 4.71. The van der Waals surface area contributed by atoms with Crippen molar-refractivity contribution in [3.05, 3.63) is 22.7 Å². The second-order valence-corrected chi connectivity index (χ2v) is 9.29. The summed E-state index contributed by atoms with van der Waals surface area (Å²) in [5, 5.41) is 5.78. The van der Waals surface area contributed by atoms with Gasteiger partial charge < -0.3 is 19.5 Å². The quantitative estimate of drug-likeness (QED) is 0.703. The first kappa shape index (κ1) is 21.1. The largest absolute Gasteiger partial charge is 0.493 e. The normalized spacial score (nSPS) is 14.1. The van der Waals surface area contributed by atoms with Crippen LogP contribution in [0.15, 0.2) is 12.1 Å². The molecule has 0 atom stereocenters. The molecule has 1 aliphatic rings. The van der Waals surface area contributed by atoms with E-state index in [-0.39, 0.29) is 6.54 Å². The molecule has 0 bridgehead atoms. The van der Waals surface area contributed by atoms with Gasteiger partial charge in [0.2, 0.25) is 15.8 Å². The summed E-state index contributed by atoms with van der Waals surface area (Å²) in [6.07, 6.45) is 1.69. The number of carbonyl (C=O) groups excluding carboxylic acids is 1. The average molecular weight is 443 g/mol. The maximum absolute atomic E-state index is 12.4. The number of amides is 2. The number of hydrogen-bond donors (Lipinski definition) is 2. The number of urea groups is 1. The van der Waals surface area contributed by atoms with E-state index >= 15 is 0 Å². The number of fused-ring (bicyclic) bond motifs is 1. The van der Waals surface area contributed by atoms with E-state index in [0.717, 1.165) is 10.6 Å². The Bertz CT molecular complexity index is 996. The van der Waals surface area contributed by atoms with E-state index in [1.165, 1.54) is 43.2 Å². The Morgan fingerprint density at radius 3 is 2.34 bits per heavy atom. The number of sulfonamides is 1. The van der Waals surface area contributed by atoms with Gasteiger partial charge in [-0.2, -0.15) is 4.31 Å². The predicted molar refractivity (Wildman–Crippen MR) is 110 cm³/mol. The Morgan fingerprint density at radius 2 is 1.79 bits per heavy atom. The average Bonchev–Trinajstić information content (AvgIpc) is 3.07. The number of methoxy groups -OCH3 is 3. The standard InChI is InChI=1S/C17H22N4O6S2/c1-25-12-7-10(8-13(26-2)15(12)27-3)18-16(22)20-17-19-11-5-6-21(29(4,23)24)9-14(11)28-17/h7-8H,5-6,9H2,1-4H3,(H2,18,19,20,22). The van der Waals surface area contributed by atoms with Gasteiger partial charge in [0.05, 0.1) is 39.0 Å². The smallest absolute Gasteiger partial charge is 0.325 e. The monoisotopic (exact) mass is 442 g/mol. The van der Waals surface area contributed by atoms with Crippen molar-refractivity contribution in [2.24, 2.45) is 0 Å². The highest BCUT2D eigenvalue weighted by atomic mass is 32.2. The zero-order valence-corrected chi connectivity index (χ0v) is 18.1. The van der Waals surface area contributed by atoms with E-state index in [1.807, 2.05) is 0 Å². The Labute approximate surface area is 172 Å². The van der Waals surface area contributed by atoms with Gasteiger partial charge in [0.1, 0.15) is 0 Å². The number of anilines is 2. The molecule has 1 aromatic carbocycles. The van der Waals surface area contributed by atoms with Crippen LogP contribution in [0.1, 0.15) is 10.6 Å². The van der Waals surface area contributed by atoms with Gasteiger partial charge >= 0.3 is 6.03 Å². The first-order valence-electron chi connectivity index (χ1n) is 8.57. The highest BCUT2D eigenvalue weighted by Crippen LogP contribution is 2.40. The number of ether oxygens (including phenoxy) is 3. The molecule has 158 valence electrons. The topological polar surface area (TPSA) is 119 Å². The van der Waals surface area contributed by atoms with Crippen LogP contribution in [0.5, 0.6) is 17.2 Å². The van der Waals surface area contributed by atoms with Crippen LogP contribution >= 0.6 is 11.3 Å². The number of nitrogens with one attached hydrogen (secondary N) is 2. The minimum Gasteiger partial charge on any atom is -0.493 e. The summed E-state index contributed by atoms with van der Waals surface area (Å²) in [5.41, 5.74) is 1.25. The number of benzene rings is 1. The lowest BCUT2D eigenvalue weighted by molar-refractivity contribution is 0.262. The Kier molecular flexibility index (Phi) is 6.15. The molecule has 0 spiro atoms. The minimum atomic E-state index is -3.26. The molecule has 2 aromatic rings. The van der Waals surface area contributed by atoms with Crippen LogP contribution in [-0.2, 0) is 23.0 Å². The van der Waals surface area contributed by atoms with Crippen LogP contribution in [0, 0.1) is 0 Å². The van der Waals surface area contributed by atoms with Crippen LogP contribution in [-0.4, -0.2) is 57.9 Å². The third-order valence-electron chi connectivity index (χ3n) is 4.31. The third-order valence-corrected chi connectivity index (χ3v) is 6.56. The van der Waals surface area contributed by atoms with E-state index in [2.05, 4.69) is 15.6 Å². The zero-order valence-electron chi connectivity index (χ0n) is 16.4. The molecule has 29 heavy (non-hydrogen) atoms. The first-order valence-corrected chi connectivity index (χ1v) is 11.2.